The third-order valence-electron chi connectivity index (χ3n) is 5.77. The Balaban J connectivity index is 2.64. The maximum absolute atomic E-state index is 12.3. The molecule has 152 valence electrons. The zero-order chi connectivity index (χ0) is 19.0. The smallest absolute Gasteiger partial charge is 0.309 e. The molecule has 2 unspecified atom stereocenters. The van der Waals surface area contributed by atoms with Crippen molar-refractivity contribution in [3.05, 3.63) is 0 Å². The first kappa shape index (κ1) is 23.0. The Morgan fingerprint density at radius 1 is 0.500 bits per heavy atom. The summed E-state index contributed by atoms with van der Waals surface area (Å²) in [5, 5.41) is 0. The van der Waals surface area contributed by atoms with E-state index in [1.54, 1.807) is 0 Å². The van der Waals surface area contributed by atoms with Crippen LogP contribution in [0.5, 0.6) is 0 Å². The predicted octanol–water partition coefficient (Wildman–Crippen LogP) is 5.82. The molecule has 26 heavy (non-hydrogen) atoms. The summed E-state index contributed by atoms with van der Waals surface area (Å²) in [6.45, 7) is 0. The topological polar surface area (TPSA) is 52.6 Å². The number of ether oxygens (including phenoxy) is 2. The third kappa shape index (κ3) is 9.59. The van der Waals surface area contributed by atoms with Gasteiger partial charge in [0.25, 0.3) is 0 Å². The highest BCUT2D eigenvalue weighted by Gasteiger charge is 2.34. The number of carbonyl (C=O) groups is 2. The van der Waals surface area contributed by atoms with Crippen molar-refractivity contribution in [2.75, 3.05) is 14.2 Å². The quantitative estimate of drug-likeness (QED) is 0.576. The van der Waals surface area contributed by atoms with Gasteiger partial charge in [-0.1, -0.05) is 89.9 Å². The Hall–Kier alpha value is -1.06. The largest absolute Gasteiger partial charge is 0.469 e. The summed E-state index contributed by atoms with van der Waals surface area (Å²) in [5.74, 6) is -1.22. The van der Waals surface area contributed by atoms with Crippen LogP contribution in [-0.2, 0) is 19.1 Å². The molecule has 1 saturated carbocycles. The van der Waals surface area contributed by atoms with Crippen LogP contribution >= 0.6 is 0 Å². The molecule has 1 aliphatic rings. The van der Waals surface area contributed by atoms with Gasteiger partial charge in [-0.3, -0.25) is 9.59 Å². The Morgan fingerprint density at radius 3 is 0.962 bits per heavy atom. The Kier molecular flexibility index (Phi) is 13.3. The van der Waals surface area contributed by atoms with Gasteiger partial charge >= 0.3 is 11.9 Å². The molecule has 0 bridgehead atoms. The SMILES string of the molecule is COC(=O)C1CCCCCCCCCCCCCCCCC1C(=O)OC. The van der Waals surface area contributed by atoms with Gasteiger partial charge in [0.2, 0.25) is 0 Å². The van der Waals surface area contributed by atoms with E-state index in [1.165, 1.54) is 78.4 Å². The van der Waals surface area contributed by atoms with Crippen LogP contribution in [0.25, 0.3) is 0 Å². The van der Waals surface area contributed by atoms with Crippen LogP contribution in [0.4, 0.5) is 0 Å². The summed E-state index contributed by atoms with van der Waals surface area (Å²) >= 11 is 0. The number of carbonyl (C=O) groups excluding carboxylic acids is 2. The first-order chi connectivity index (χ1) is 12.7. The van der Waals surface area contributed by atoms with Gasteiger partial charge < -0.3 is 9.47 Å². The molecule has 1 fully saturated rings. The van der Waals surface area contributed by atoms with E-state index in [0.717, 1.165) is 38.5 Å². The maximum atomic E-state index is 12.3. The van der Waals surface area contributed by atoms with Gasteiger partial charge in [0.05, 0.1) is 26.1 Å². The van der Waals surface area contributed by atoms with Gasteiger partial charge in [-0.25, -0.2) is 0 Å². The fourth-order valence-electron chi connectivity index (χ4n) is 4.12. The minimum atomic E-state index is -0.355. The van der Waals surface area contributed by atoms with Crippen molar-refractivity contribution in [1.29, 1.82) is 0 Å². The average Bonchev–Trinajstić information content (AvgIpc) is 2.66. The molecule has 0 aliphatic heterocycles. The molecule has 1 aliphatic carbocycles. The average molecular weight is 369 g/mol. The highest BCUT2D eigenvalue weighted by atomic mass is 16.5. The lowest BCUT2D eigenvalue weighted by atomic mass is 9.83. The van der Waals surface area contributed by atoms with Gasteiger partial charge in [-0.2, -0.15) is 0 Å². The van der Waals surface area contributed by atoms with Crippen molar-refractivity contribution in [2.24, 2.45) is 11.8 Å². The van der Waals surface area contributed by atoms with E-state index >= 15 is 0 Å². The number of esters is 2. The summed E-state index contributed by atoms with van der Waals surface area (Å²) in [5.41, 5.74) is 0. The summed E-state index contributed by atoms with van der Waals surface area (Å²) in [6.07, 6.45) is 18.8. The standard InChI is InChI=1S/C22H40O4/c1-25-21(23)19-17-15-13-11-9-7-5-3-4-6-8-10-12-14-16-18-20(19)22(24)26-2/h19-20H,3-18H2,1-2H3. The molecular formula is C22H40O4. The molecule has 0 saturated heterocycles. The van der Waals surface area contributed by atoms with Gasteiger partial charge in [0.1, 0.15) is 0 Å². The van der Waals surface area contributed by atoms with Gasteiger partial charge in [-0.05, 0) is 12.8 Å². The van der Waals surface area contributed by atoms with Crippen molar-refractivity contribution >= 4 is 11.9 Å². The molecule has 0 spiro atoms. The van der Waals surface area contributed by atoms with E-state index < -0.39 is 0 Å². The van der Waals surface area contributed by atoms with Crippen LogP contribution in [0.15, 0.2) is 0 Å². The number of methoxy groups -OCH3 is 2. The van der Waals surface area contributed by atoms with Crippen molar-refractivity contribution in [1.82, 2.24) is 0 Å². The number of hydrogen-bond donors (Lipinski definition) is 0. The van der Waals surface area contributed by atoms with Crippen LogP contribution in [0.3, 0.4) is 0 Å². The second kappa shape index (κ2) is 15.0. The maximum Gasteiger partial charge on any atom is 0.309 e. The van der Waals surface area contributed by atoms with E-state index in [0.29, 0.717) is 0 Å². The number of hydrogen-bond acceptors (Lipinski definition) is 4. The molecule has 0 amide bonds. The van der Waals surface area contributed by atoms with E-state index in [9.17, 15) is 9.59 Å². The molecule has 0 aromatic heterocycles. The van der Waals surface area contributed by atoms with Crippen LogP contribution < -0.4 is 0 Å². The fraction of sp³-hybridized carbons (Fsp3) is 0.909. The van der Waals surface area contributed by atoms with E-state index in [-0.39, 0.29) is 23.8 Å². The molecule has 0 aromatic rings. The van der Waals surface area contributed by atoms with Gasteiger partial charge in [-0.15, -0.1) is 0 Å². The van der Waals surface area contributed by atoms with Crippen LogP contribution in [0.2, 0.25) is 0 Å². The molecule has 4 heteroatoms. The Morgan fingerprint density at radius 2 is 0.731 bits per heavy atom. The lowest BCUT2D eigenvalue weighted by Crippen LogP contribution is -2.32. The van der Waals surface area contributed by atoms with Crippen molar-refractivity contribution in [3.63, 3.8) is 0 Å². The minimum absolute atomic E-state index is 0.255. The summed E-state index contributed by atoms with van der Waals surface area (Å²) in [4.78, 5) is 24.6. The molecule has 4 nitrogen and oxygen atoms in total. The molecule has 1 rings (SSSR count). The van der Waals surface area contributed by atoms with E-state index in [4.69, 9.17) is 9.47 Å². The van der Waals surface area contributed by atoms with Crippen LogP contribution in [-0.4, -0.2) is 26.2 Å². The minimum Gasteiger partial charge on any atom is -0.469 e. The van der Waals surface area contributed by atoms with Crippen molar-refractivity contribution < 1.29 is 19.1 Å². The highest BCUT2D eigenvalue weighted by molar-refractivity contribution is 5.81. The van der Waals surface area contributed by atoms with Gasteiger partial charge in [0, 0.05) is 0 Å². The first-order valence-electron chi connectivity index (χ1n) is 10.9. The van der Waals surface area contributed by atoms with Gasteiger partial charge in [0.15, 0.2) is 0 Å². The zero-order valence-electron chi connectivity index (χ0n) is 17.1. The normalized spacial score (nSPS) is 25.5. The fourth-order valence-corrected chi connectivity index (χ4v) is 4.12. The van der Waals surface area contributed by atoms with Crippen LogP contribution in [0.1, 0.15) is 103 Å². The van der Waals surface area contributed by atoms with Crippen molar-refractivity contribution in [2.45, 2.75) is 103 Å². The second-order valence-electron chi connectivity index (χ2n) is 7.79. The van der Waals surface area contributed by atoms with E-state index in [1.807, 2.05) is 0 Å². The molecule has 0 radical (unpaired) electrons. The first-order valence-corrected chi connectivity index (χ1v) is 10.9. The lowest BCUT2D eigenvalue weighted by Gasteiger charge is -2.23. The molecule has 2 atom stereocenters. The highest BCUT2D eigenvalue weighted by Crippen LogP contribution is 2.28. The monoisotopic (exact) mass is 368 g/mol. The summed E-state index contributed by atoms with van der Waals surface area (Å²) < 4.78 is 10.0. The molecule has 0 aromatic carbocycles. The lowest BCUT2D eigenvalue weighted by molar-refractivity contribution is -0.158. The molecule has 0 N–H and O–H groups in total. The van der Waals surface area contributed by atoms with Crippen molar-refractivity contribution in [3.8, 4) is 0 Å². The third-order valence-corrected chi connectivity index (χ3v) is 5.77. The van der Waals surface area contributed by atoms with E-state index in [2.05, 4.69) is 0 Å². The Bertz CT molecular complexity index is 344. The second-order valence-corrected chi connectivity index (χ2v) is 7.79. The molecular weight excluding hydrogens is 328 g/mol. The number of rotatable bonds is 2. The molecule has 0 heterocycles. The summed E-state index contributed by atoms with van der Waals surface area (Å²) in [7, 11) is 2.84. The van der Waals surface area contributed by atoms with Crippen LogP contribution in [0, 0.1) is 11.8 Å². The predicted molar refractivity (Wildman–Crippen MR) is 105 cm³/mol. The summed E-state index contributed by atoms with van der Waals surface area (Å²) in [6, 6.07) is 0. The zero-order valence-corrected chi connectivity index (χ0v) is 17.1. The Labute approximate surface area is 160 Å².